The first-order chi connectivity index (χ1) is 25.7. The van der Waals surface area contributed by atoms with Gasteiger partial charge in [-0.25, -0.2) is 0 Å². The molecule has 4 aromatic carbocycles. The monoisotopic (exact) mass is 1120 g/mol. The number of hydrogen-bond donors (Lipinski definition) is 0. The van der Waals surface area contributed by atoms with Crippen molar-refractivity contribution in [3.63, 3.8) is 0 Å². The molecule has 4 heterocycles. The van der Waals surface area contributed by atoms with Gasteiger partial charge in [0.05, 0.1) is 0 Å². The van der Waals surface area contributed by atoms with Gasteiger partial charge in [0.25, 0.3) is 5.95 Å². The van der Waals surface area contributed by atoms with Gasteiger partial charge in [-0.1, -0.05) is 84.2 Å². The second kappa shape index (κ2) is 16.5. The molecular weight excluding hydrogens is 1090 g/mol. The van der Waals surface area contributed by atoms with Gasteiger partial charge in [-0.15, -0.1) is 92.2 Å². The quantitative estimate of drug-likeness (QED) is 0.111. The molecule has 8 rings (SSSR count). The van der Waals surface area contributed by atoms with Gasteiger partial charge in [-0.05, 0) is 23.5 Å². The molecular formula is C42H33N7O2P2Pt2. The van der Waals surface area contributed by atoms with Crippen molar-refractivity contribution in [2.24, 2.45) is 0 Å². The zero-order chi connectivity index (χ0) is 36.7. The van der Waals surface area contributed by atoms with Crippen LogP contribution in [-0.2, 0) is 51.3 Å². The third-order valence-electron chi connectivity index (χ3n) is 9.48. The van der Waals surface area contributed by atoms with E-state index in [-0.39, 0.29) is 59.4 Å². The molecule has 0 bridgehead atoms. The minimum atomic E-state index is -3.31. The molecule has 0 aliphatic rings. The maximum absolute atomic E-state index is 15.4. The van der Waals surface area contributed by atoms with Crippen LogP contribution in [0.25, 0.3) is 50.3 Å². The van der Waals surface area contributed by atoms with Crippen LogP contribution in [0.1, 0.15) is 27.7 Å². The van der Waals surface area contributed by atoms with Gasteiger partial charge in [-0.3, -0.25) is 0 Å². The summed E-state index contributed by atoms with van der Waals surface area (Å²) < 4.78 is 32.5. The van der Waals surface area contributed by atoms with Crippen LogP contribution in [0, 0.1) is 24.3 Å². The average molecular weight is 1120 g/mol. The first-order valence-corrected chi connectivity index (χ1v) is 20.8. The van der Waals surface area contributed by atoms with Gasteiger partial charge in [-0.2, -0.15) is 35.0 Å². The van der Waals surface area contributed by atoms with Gasteiger partial charge < -0.3 is 23.7 Å². The van der Waals surface area contributed by atoms with Crippen LogP contribution >= 0.6 is 14.3 Å². The predicted molar refractivity (Wildman–Crippen MR) is 211 cm³/mol. The number of aromatic nitrogens is 7. The first kappa shape index (κ1) is 40.4. The van der Waals surface area contributed by atoms with Gasteiger partial charge in [0.2, 0.25) is 0 Å². The molecule has 0 spiro atoms. The molecule has 0 saturated carbocycles. The molecule has 0 fully saturated rings. The smallest absolute Gasteiger partial charge is 0.326 e. The van der Waals surface area contributed by atoms with Crippen LogP contribution in [0.3, 0.4) is 0 Å². The van der Waals surface area contributed by atoms with Gasteiger partial charge in [0.15, 0.2) is 6.33 Å². The van der Waals surface area contributed by atoms with E-state index in [2.05, 4.69) is 54.6 Å². The fourth-order valence-electron chi connectivity index (χ4n) is 6.73. The van der Waals surface area contributed by atoms with Crippen LogP contribution in [0.15, 0.2) is 116 Å². The molecule has 0 N–H and O–H groups in total. The Morgan fingerprint density at radius 2 is 0.964 bits per heavy atom. The van der Waals surface area contributed by atoms with Crippen molar-refractivity contribution in [3.8, 4) is 28.5 Å². The molecule has 13 heteroatoms. The second-order valence-electron chi connectivity index (χ2n) is 13.2. The van der Waals surface area contributed by atoms with Crippen LogP contribution < -0.4 is 21.2 Å². The van der Waals surface area contributed by atoms with Crippen molar-refractivity contribution in [2.75, 3.05) is 0 Å². The summed E-state index contributed by atoms with van der Waals surface area (Å²) in [5.41, 5.74) is 3.62. The fraction of sp³-hybridized carbons (Fsp3) is 0.143. The second-order valence-corrected chi connectivity index (χ2v) is 19.9. The number of benzene rings is 4. The summed E-state index contributed by atoms with van der Waals surface area (Å²) in [6.45, 7) is 7.81. The van der Waals surface area contributed by atoms with Crippen molar-refractivity contribution in [1.82, 2.24) is 34.9 Å². The average Bonchev–Trinajstić information content (AvgIpc) is 3.54. The Balaban J connectivity index is 0.00000257. The normalized spacial score (nSPS) is 13.6. The fourth-order valence-corrected chi connectivity index (χ4v) is 11.8. The Labute approximate surface area is 348 Å². The SMILES string of the molecule is CC(C)P(=O)(c1[c-]c(-c2ccccn2)ccc1)c1[c-]c2c(cc1)c1ccc(P(=O)(c3[c-]c(-c4ccccn4)ccc3)C(C)C)[c-]c1n2-c1nncnn1.[Pt+2].[Pt+2]. The van der Waals surface area contributed by atoms with Crippen molar-refractivity contribution in [3.05, 3.63) is 140 Å². The number of fused-ring (bicyclic) bond motifs is 3. The summed E-state index contributed by atoms with van der Waals surface area (Å²) in [7, 11) is -6.62. The minimum Gasteiger partial charge on any atom is -0.326 e. The maximum atomic E-state index is 15.4. The molecule has 9 nitrogen and oxygen atoms in total. The summed E-state index contributed by atoms with van der Waals surface area (Å²) >= 11 is 0. The third kappa shape index (κ3) is 7.18. The predicted octanol–water partition coefficient (Wildman–Crippen LogP) is 7.13. The van der Waals surface area contributed by atoms with Crippen molar-refractivity contribution in [2.45, 2.75) is 39.0 Å². The molecule has 0 amide bonds. The van der Waals surface area contributed by atoms with Crippen LogP contribution in [0.2, 0.25) is 0 Å². The van der Waals surface area contributed by atoms with E-state index in [4.69, 9.17) is 0 Å². The van der Waals surface area contributed by atoms with E-state index in [0.717, 1.165) is 33.3 Å². The molecule has 4 aromatic heterocycles. The summed E-state index contributed by atoms with van der Waals surface area (Å²) in [6, 6.07) is 44.3. The zero-order valence-electron chi connectivity index (χ0n) is 30.1. The van der Waals surface area contributed by atoms with E-state index in [9.17, 15) is 0 Å². The Hall–Kier alpha value is -4.24. The standard InChI is InChI=1S/C42H33N7O2P2.2Pt/c1-28(2)52(50,32-13-9-11-30(23-32)38-15-5-7-21-43-38)34-17-19-36-37-20-18-35(26-41(37)49(40(36)25-34)42-47-45-27-46-48-42)53(51,29(3)4)33-14-10-12-31(24-33)39-16-6-8-22-44-39;;/h5-22,27-29H,1-4H3;;/q-4;2*+2. The largest absolute Gasteiger partial charge is 2.00 e. The molecule has 0 radical (unpaired) electrons. The van der Waals surface area contributed by atoms with E-state index in [0.29, 0.717) is 32.3 Å². The zero-order valence-corrected chi connectivity index (χ0v) is 36.4. The summed E-state index contributed by atoms with van der Waals surface area (Å²) in [6.07, 6.45) is 4.72. The molecule has 55 heavy (non-hydrogen) atoms. The number of pyridine rings is 2. The van der Waals surface area contributed by atoms with E-state index in [1.165, 1.54) is 6.33 Å². The number of nitrogens with zero attached hydrogens (tertiary/aromatic N) is 7. The van der Waals surface area contributed by atoms with Crippen LogP contribution in [0.5, 0.6) is 0 Å². The summed E-state index contributed by atoms with van der Waals surface area (Å²) in [5, 5.41) is 20.5. The molecule has 278 valence electrons. The Morgan fingerprint density at radius 3 is 1.36 bits per heavy atom. The van der Waals surface area contributed by atoms with E-state index >= 15 is 9.13 Å². The Kier molecular flexibility index (Phi) is 12.1. The van der Waals surface area contributed by atoms with Crippen molar-refractivity contribution < 1.29 is 51.3 Å². The number of rotatable bonds is 9. The van der Waals surface area contributed by atoms with E-state index < -0.39 is 14.3 Å². The topological polar surface area (TPSA) is 116 Å². The minimum absolute atomic E-state index is 0. The Bertz CT molecular complexity index is 2550. The van der Waals surface area contributed by atoms with Gasteiger partial charge in [0.1, 0.15) is 14.3 Å². The van der Waals surface area contributed by atoms with E-state index in [1.807, 2.05) is 125 Å². The van der Waals surface area contributed by atoms with E-state index in [1.54, 1.807) is 17.0 Å². The Morgan fingerprint density at radius 1 is 0.527 bits per heavy atom. The summed E-state index contributed by atoms with van der Waals surface area (Å²) in [5.74, 6) is 0.181. The van der Waals surface area contributed by atoms with Crippen molar-refractivity contribution in [1.29, 1.82) is 0 Å². The third-order valence-corrected chi connectivity index (χ3v) is 16.3. The molecule has 2 atom stereocenters. The van der Waals surface area contributed by atoms with Crippen molar-refractivity contribution >= 4 is 57.3 Å². The van der Waals surface area contributed by atoms with Gasteiger partial charge in [0, 0.05) is 23.7 Å². The molecule has 0 aliphatic heterocycles. The summed E-state index contributed by atoms with van der Waals surface area (Å²) in [4.78, 5) is 8.97. The van der Waals surface area contributed by atoms with Crippen LogP contribution in [-0.4, -0.2) is 46.2 Å². The maximum Gasteiger partial charge on any atom is 2.00 e. The molecule has 8 aromatic rings. The molecule has 0 aliphatic carbocycles. The molecule has 2 unspecified atom stereocenters. The van der Waals surface area contributed by atoms with Gasteiger partial charge >= 0.3 is 42.1 Å². The molecule has 0 saturated heterocycles. The number of hydrogen-bond acceptors (Lipinski definition) is 8. The van der Waals surface area contributed by atoms with Crippen LogP contribution in [0.4, 0.5) is 0 Å². The first-order valence-electron chi connectivity index (χ1n) is 17.2.